The summed E-state index contributed by atoms with van der Waals surface area (Å²) in [4.78, 5) is 11.5. The molecule has 1 fully saturated rings. The van der Waals surface area contributed by atoms with Gasteiger partial charge in [-0.05, 0) is 19.8 Å². The smallest absolute Gasteiger partial charge is 0.137 e. The van der Waals surface area contributed by atoms with Crippen molar-refractivity contribution < 1.29 is 0 Å². The Labute approximate surface area is 114 Å². The lowest BCUT2D eigenvalue weighted by atomic mass is 10.2. The summed E-state index contributed by atoms with van der Waals surface area (Å²) in [6.07, 6.45) is 3.76. The number of nitrogens with zero attached hydrogens (tertiary/aromatic N) is 4. The summed E-state index contributed by atoms with van der Waals surface area (Å²) in [5.41, 5.74) is 1.07. The van der Waals surface area contributed by atoms with Gasteiger partial charge < -0.3 is 10.2 Å². The highest BCUT2D eigenvalue weighted by atomic mass is 15.2. The van der Waals surface area contributed by atoms with Gasteiger partial charge in [0.05, 0.1) is 12.5 Å². The van der Waals surface area contributed by atoms with Crippen molar-refractivity contribution in [1.82, 2.24) is 9.97 Å². The Bertz CT molecular complexity index is 487. The maximum atomic E-state index is 8.81. The van der Waals surface area contributed by atoms with E-state index in [0.717, 1.165) is 36.0 Å². The molecule has 102 valence electrons. The first-order valence-electron chi connectivity index (χ1n) is 6.90. The Balaban J connectivity index is 2.37. The SMILES string of the molecule is CCc1nc(NC)c(C)c(N(CCC#N)C2CC2)n1. The van der Waals surface area contributed by atoms with Crippen LogP contribution in [0.2, 0.25) is 0 Å². The standard InChI is InChI=1S/C14H21N5/c1-4-12-17-13(16-3)10(2)14(18-12)19(9-5-8-15)11-6-7-11/h11H,4-7,9H2,1-3H3,(H,16,17,18). The average molecular weight is 259 g/mol. The van der Waals surface area contributed by atoms with Crippen LogP contribution in [0.1, 0.15) is 37.6 Å². The van der Waals surface area contributed by atoms with Gasteiger partial charge in [0.25, 0.3) is 0 Å². The molecule has 0 atom stereocenters. The normalized spacial score (nSPS) is 14.0. The van der Waals surface area contributed by atoms with Gasteiger partial charge in [-0.15, -0.1) is 0 Å². The summed E-state index contributed by atoms with van der Waals surface area (Å²) in [5.74, 6) is 2.74. The molecule has 0 aromatic carbocycles. The quantitative estimate of drug-likeness (QED) is 0.849. The van der Waals surface area contributed by atoms with Crippen LogP contribution in [-0.4, -0.2) is 29.6 Å². The molecule has 0 amide bonds. The minimum atomic E-state index is 0.538. The fraction of sp³-hybridized carbons (Fsp3) is 0.643. The van der Waals surface area contributed by atoms with E-state index in [1.807, 2.05) is 14.0 Å². The highest BCUT2D eigenvalue weighted by Crippen LogP contribution is 2.34. The molecule has 0 aliphatic heterocycles. The Morgan fingerprint density at radius 3 is 2.68 bits per heavy atom. The van der Waals surface area contributed by atoms with E-state index in [2.05, 4.69) is 33.2 Å². The van der Waals surface area contributed by atoms with Crippen molar-refractivity contribution in [1.29, 1.82) is 5.26 Å². The lowest BCUT2D eigenvalue weighted by Crippen LogP contribution is -2.29. The molecule has 0 unspecified atom stereocenters. The van der Waals surface area contributed by atoms with Crippen molar-refractivity contribution >= 4 is 11.6 Å². The molecule has 0 radical (unpaired) electrons. The summed E-state index contributed by atoms with van der Waals surface area (Å²) < 4.78 is 0. The molecular weight excluding hydrogens is 238 g/mol. The molecule has 1 aliphatic rings. The van der Waals surface area contributed by atoms with E-state index in [1.165, 1.54) is 12.8 Å². The summed E-state index contributed by atoms with van der Waals surface area (Å²) in [6, 6.07) is 2.78. The second kappa shape index (κ2) is 5.87. The van der Waals surface area contributed by atoms with Gasteiger partial charge in [0, 0.05) is 31.6 Å². The molecule has 19 heavy (non-hydrogen) atoms. The van der Waals surface area contributed by atoms with Crippen LogP contribution in [0.25, 0.3) is 0 Å². The molecule has 2 rings (SSSR count). The predicted molar refractivity (Wildman–Crippen MR) is 76.3 cm³/mol. The van der Waals surface area contributed by atoms with Crippen LogP contribution < -0.4 is 10.2 Å². The van der Waals surface area contributed by atoms with E-state index in [-0.39, 0.29) is 0 Å². The summed E-state index contributed by atoms with van der Waals surface area (Å²) >= 11 is 0. The van der Waals surface area contributed by atoms with Crippen LogP contribution in [0.15, 0.2) is 0 Å². The first kappa shape index (κ1) is 13.6. The van der Waals surface area contributed by atoms with Gasteiger partial charge in [-0.25, -0.2) is 9.97 Å². The van der Waals surface area contributed by atoms with E-state index < -0.39 is 0 Å². The minimum absolute atomic E-state index is 0.538. The number of aryl methyl sites for hydroxylation is 1. The van der Waals surface area contributed by atoms with E-state index in [0.29, 0.717) is 12.5 Å². The van der Waals surface area contributed by atoms with Crippen molar-refractivity contribution in [2.75, 3.05) is 23.8 Å². The topological polar surface area (TPSA) is 64.8 Å². The third-order valence-electron chi connectivity index (χ3n) is 3.44. The molecule has 1 saturated carbocycles. The van der Waals surface area contributed by atoms with Crippen LogP contribution in [0.4, 0.5) is 11.6 Å². The second-order valence-corrected chi connectivity index (χ2v) is 4.87. The molecule has 0 saturated heterocycles. The van der Waals surface area contributed by atoms with Gasteiger partial charge in [0.2, 0.25) is 0 Å². The van der Waals surface area contributed by atoms with Gasteiger partial charge >= 0.3 is 0 Å². The van der Waals surface area contributed by atoms with Gasteiger partial charge in [0.1, 0.15) is 17.5 Å². The minimum Gasteiger partial charge on any atom is -0.373 e. The molecule has 1 aromatic rings. The molecule has 1 aromatic heterocycles. The molecule has 1 aliphatic carbocycles. The zero-order valence-electron chi connectivity index (χ0n) is 11.9. The maximum absolute atomic E-state index is 8.81. The first-order valence-corrected chi connectivity index (χ1v) is 6.90. The van der Waals surface area contributed by atoms with Gasteiger partial charge in [-0.1, -0.05) is 6.92 Å². The molecule has 5 heteroatoms. The molecule has 1 N–H and O–H groups in total. The fourth-order valence-corrected chi connectivity index (χ4v) is 2.25. The van der Waals surface area contributed by atoms with Gasteiger partial charge in [-0.3, -0.25) is 0 Å². The third-order valence-corrected chi connectivity index (χ3v) is 3.44. The van der Waals surface area contributed by atoms with E-state index >= 15 is 0 Å². The van der Waals surface area contributed by atoms with Crippen LogP contribution >= 0.6 is 0 Å². The molecule has 5 nitrogen and oxygen atoms in total. The van der Waals surface area contributed by atoms with E-state index in [9.17, 15) is 0 Å². The van der Waals surface area contributed by atoms with Crippen molar-refractivity contribution in [3.63, 3.8) is 0 Å². The Hall–Kier alpha value is -1.83. The van der Waals surface area contributed by atoms with E-state index in [4.69, 9.17) is 5.26 Å². The van der Waals surface area contributed by atoms with Crippen LogP contribution in [-0.2, 0) is 6.42 Å². The highest BCUT2D eigenvalue weighted by molar-refractivity contribution is 5.59. The van der Waals surface area contributed by atoms with Crippen LogP contribution in [0.3, 0.4) is 0 Å². The van der Waals surface area contributed by atoms with Crippen molar-refractivity contribution in [3.05, 3.63) is 11.4 Å². The predicted octanol–water partition coefficient (Wildman–Crippen LogP) is 2.27. The number of anilines is 2. The molecule has 1 heterocycles. The summed E-state index contributed by atoms with van der Waals surface area (Å²) in [6.45, 7) is 4.86. The van der Waals surface area contributed by atoms with Crippen molar-refractivity contribution in [2.45, 2.75) is 45.6 Å². The monoisotopic (exact) mass is 259 g/mol. The fourth-order valence-electron chi connectivity index (χ4n) is 2.25. The lowest BCUT2D eigenvalue weighted by molar-refractivity contribution is 0.762. The second-order valence-electron chi connectivity index (χ2n) is 4.87. The largest absolute Gasteiger partial charge is 0.373 e. The summed E-state index contributed by atoms with van der Waals surface area (Å²) in [5, 5.41) is 12.0. The average Bonchev–Trinajstić information content (AvgIpc) is 3.25. The highest BCUT2D eigenvalue weighted by Gasteiger charge is 2.31. The first-order chi connectivity index (χ1) is 9.21. The zero-order chi connectivity index (χ0) is 13.8. The van der Waals surface area contributed by atoms with Gasteiger partial charge in [-0.2, -0.15) is 5.26 Å². The lowest BCUT2D eigenvalue weighted by Gasteiger charge is -2.25. The number of rotatable bonds is 6. The van der Waals surface area contributed by atoms with Crippen LogP contribution in [0.5, 0.6) is 0 Å². The number of nitrogens with one attached hydrogen (secondary N) is 1. The Morgan fingerprint density at radius 2 is 2.16 bits per heavy atom. The molecular formula is C14H21N5. The molecule has 0 bridgehead atoms. The Kier molecular flexibility index (Phi) is 4.20. The number of nitriles is 1. The third kappa shape index (κ3) is 2.95. The van der Waals surface area contributed by atoms with E-state index in [1.54, 1.807) is 0 Å². The maximum Gasteiger partial charge on any atom is 0.137 e. The molecule has 0 spiro atoms. The van der Waals surface area contributed by atoms with Gasteiger partial charge in [0.15, 0.2) is 0 Å². The number of hydrogen-bond donors (Lipinski definition) is 1. The summed E-state index contributed by atoms with van der Waals surface area (Å²) in [7, 11) is 1.88. The van der Waals surface area contributed by atoms with Crippen molar-refractivity contribution in [2.24, 2.45) is 0 Å². The number of hydrogen-bond acceptors (Lipinski definition) is 5. The Morgan fingerprint density at radius 1 is 1.42 bits per heavy atom. The van der Waals surface area contributed by atoms with Crippen molar-refractivity contribution in [3.8, 4) is 6.07 Å². The number of aromatic nitrogens is 2. The zero-order valence-corrected chi connectivity index (χ0v) is 11.9. The van der Waals surface area contributed by atoms with Crippen LogP contribution in [0, 0.1) is 18.3 Å².